The third-order valence-electron chi connectivity index (χ3n) is 5.85. The predicted octanol–water partition coefficient (Wildman–Crippen LogP) is 2.50. The molecule has 1 aliphatic carbocycles. The molecule has 0 bridgehead atoms. The summed E-state index contributed by atoms with van der Waals surface area (Å²) in [7, 11) is 1.38. The van der Waals surface area contributed by atoms with E-state index in [0.29, 0.717) is 43.3 Å². The Morgan fingerprint density at radius 1 is 1.31 bits per heavy atom. The number of halogens is 2. The lowest BCUT2D eigenvalue weighted by Gasteiger charge is -2.39. The fourth-order valence-electron chi connectivity index (χ4n) is 4.11. The van der Waals surface area contributed by atoms with Gasteiger partial charge in [0.25, 0.3) is 5.92 Å². The van der Waals surface area contributed by atoms with E-state index in [1.165, 1.54) is 7.11 Å². The SMILES string of the molecule is COC(=O)CC1CCN(c2nc(N3CC[C@@H]3C)nc3c2CCC3(F)F)C1. The van der Waals surface area contributed by atoms with E-state index in [9.17, 15) is 13.6 Å². The second-order valence-corrected chi connectivity index (χ2v) is 7.59. The van der Waals surface area contributed by atoms with Crippen molar-refractivity contribution in [1.29, 1.82) is 0 Å². The third kappa shape index (κ3) is 2.89. The minimum absolute atomic E-state index is 0.104. The molecule has 3 heterocycles. The van der Waals surface area contributed by atoms with Crippen LogP contribution in [0, 0.1) is 5.92 Å². The molecule has 2 atom stereocenters. The molecular weight excluding hydrogens is 342 g/mol. The van der Waals surface area contributed by atoms with E-state index in [2.05, 4.69) is 16.9 Å². The Hall–Kier alpha value is -1.99. The fourth-order valence-corrected chi connectivity index (χ4v) is 4.11. The van der Waals surface area contributed by atoms with Gasteiger partial charge >= 0.3 is 5.97 Å². The quantitative estimate of drug-likeness (QED) is 0.763. The van der Waals surface area contributed by atoms with E-state index in [1.54, 1.807) is 0 Å². The van der Waals surface area contributed by atoms with Gasteiger partial charge in [-0.1, -0.05) is 0 Å². The Morgan fingerprint density at radius 2 is 2.12 bits per heavy atom. The van der Waals surface area contributed by atoms with Crippen LogP contribution in [0.15, 0.2) is 0 Å². The number of nitrogens with zero attached hydrogens (tertiary/aromatic N) is 4. The predicted molar refractivity (Wildman–Crippen MR) is 92.6 cm³/mol. The van der Waals surface area contributed by atoms with Gasteiger partial charge in [-0.25, -0.2) is 4.98 Å². The molecule has 142 valence electrons. The van der Waals surface area contributed by atoms with Crippen molar-refractivity contribution in [3.05, 3.63) is 11.3 Å². The van der Waals surface area contributed by atoms with Crippen LogP contribution >= 0.6 is 0 Å². The van der Waals surface area contributed by atoms with Gasteiger partial charge in [0, 0.05) is 37.7 Å². The Labute approximate surface area is 151 Å². The van der Waals surface area contributed by atoms with Crippen LogP contribution in [0.3, 0.4) is 0 Å². The van der Waals surface area contributed by atoms with Crippen molar-refractivity contribution in [2.45, 2.75) is 51.0 Å². The zero-order valence-electron chi connectivity index (χ0n) is 15.2. The van der Waals surface area contributed by atoms with E-state index in [4.69, 9.17) is 4.74 Å². The van der Waals surface area contributed by atoms with Crippen LogP contribution in [0.4, 0.5) is 20.5 Å². The minimum Gasteiger partial charge on any atom is -0.469 e. The number of fused-ring (bicyclic) bond motifs is 1. The van der Waals surface area contributed by atoms with E-state index < -0.39 is 5.92 Å². The Balaban J connectivity index is 1.64. The van der Waals surface area contributed by atoms with Crippen LogP contribution in [0.2, 0.25) is 0 Å². The standard InChI is InChI=1S/C18H24F2N4O2/c1-11-4-8-24(11)17-21-15-13(3-6-18(15,19)20)16(22-17)23-7-5-12(10-23)9-14(25)26-2/h11-12H,3-10H2,1-2H3/t11-,12?/m0/s1. The smallest absolute Gasteiger partial charge is 0.305 e. The number of anilines is 2. The molecule has 2 fully saturated rings. The van der Waals surface area contributed by atoms with Crippen molar-refractivity contribution in [1.82, 2.24) is 9.97 Å². The van der Waals surface area contributed by atoms with Crippen LogP contribution in [0.1, 0.15) is 43.9 Å². The topological polar surface area (TPSA) is 58.6 Å². The summed E-state index contributed by atoms with van der Waals surface area (Å²) < 4.78 is 33.5. The highest BCUT2D eigenvalue weighted by Crippen LogP contribution is 2.45. The van der Waals surface area contributed by atoms with Crippen molar-refractivity contribution in [3.63, 3.8) is 0 Å². The highest BCUT2D eigenvalue weighted by Gasteiger charge is 2.45. The van der Waals surface area contributed by atoms with Gasteiger partial charge < -0.3 is 14.5 Å². The van der Waals surface area contributed by atoms with Crippen LogP contribution in [-0.2, 0) is 21.9 Å². The summed E-state index contributed by atoms with van der Waals surface area (Å²) in [5.74, 6) is -1.90. The molecule has 1 unspecified atom stereocenters. The Kier molecular flexibility index (Phi) is 4.23. The van der Waals surface area contributed by atoms with Gasteiger partial charge in [0.1, 0.15) is 11.5 Å². The molecule has 2 saturated heterocycles. The van der Waals surface area contributed by atoms with E-state index in [0.717, 1.165) is 19.4 Å². The van der Waals surface area contributed by atoms with E-state index in [-0.39, 0.29) is 30.0 Å². The molecular formula is C18H24F2N4O2. The summed E-state index contributed by atoms with van der Waals surface area (Å²) >= 11 is 0. The molecule has 0 saturated carbocycles. The molecule has 4 rings (SSSR count). The highest BCUT2D eigenvalue weighted by molar-refractivity contribution is 5.69. The highest BCUT2D eigenvalue weighted by atomic mass is 19.3. The number of esters is 1. The number of carbonyl (C=O) groups excluding carboxylic acids is 1. The van der Waals surface area contributed by atoms with Gasteiger partial charge in [-0.05, 0) is 32.1 Å². The summed E-state index contributed by atoms with van der Waals surface area (Å²) in [6.07, 6.45) is 2.30. The van der Waals surface area contributed by atoms with Gasteiger partial charge in [0.05, 0.1) is 13.5 Å². The molecule has 1 aromatic rings. The summed E-state index contributed by atoms with van der Waals surface area (Å²) in [6.45, 7) is 4.21. The van der Waals surface area contributed by atoms with Crippen LogP contribution in [0.5, 0.6) is 0 Å². The van der Waals surface area contributed by atoms with E-state index in [1.807, 2.05) is 9.80 Å². The summed E-state index contributed by atoms with van der Waals surface area (Å²) in [5, 5.41) is 0. The number of carbonyl (C=O) groups is 1. The van der Waals surface area contributed by atoms with Gasteiger partial charge in [-0.3, -0.25) is 4.79 Å². The van der Waals surface area contributed by atoms with Crippen molar-refractivity contribution in [3.8, 4) is 0 Å². The first-order valence-corrected chi connectivity index (χ1v) is 9.26. The normalized spacial score (nSPS) is 26.6. The number of hydrogen-bond donors (Lipinski definition) is 0. The first kappa shape index (κ1) is 17.4. The molecule has 0 radical (unpaired) electrons. The lowest BCUT2D eigenvalue weighted by molar-refractivity contribution is -0.141. The number of aromatic nitrogens is 2. The van der Waals surface area contributed by atoms with Gasteiger partial charge in [-0.15, -0.1) is 0 Å². The van der Waals surface area contributed by atoms with Crippen molar-refractivity contribution in [2.24, 2.45) is 5.92 Å². The molecule has 2 aliphatic heterocycles. The lowest BCUT2D eigenvalue weighted by Crippen LogP contribution is -2.47. The second-order valence-electron chi connectivity index (χ2n) is 7.59. The molecule has 0 N–H and O–H groups in total. The van der Waals surface area contributed by atoms with Gasteiger partial charge in [0.2, 0.25) is 5.95 Å². The van der Waals surface area contributed by atoms with Crippen LogP contribution in [-0.4, -0.2) is 48.7 Å². The largest absolute Gasteiger partial charge is 0.469 e. The van der Waals surface area contributed by atoms with E-state index >= 15 is 0 Å². The number of alkyl halides is 2. The lowest BCUT2D eigenvalue weighted by atomic mass is 10.1. The zero-order chi connectivity index (χ0) is 18.5. The molecule has 6 nitrogen and oxygen atoms in total. The molecule has 0 aromatic carbocycles. The average Bonchev–Trinajstić information content (AvgIpc) is 3.18. The van der Waals surface area contributed by atoms with Gasteiger partial charge in [0.15, 0.2) is 0 Å². The number of methoxy groups -OCH3 is 1. The zero-order valence-corrected chi connectivity index (χ0v) is 15.2. The summed E-state index contributed by atoms with van der Waals surface area (Å²) in [4.78, 5) is 24.5. The molecule has 0 spiro atoms. The maximum Gasteiger partial charge on any atom is 0.305 e. The van der Waals surface area contributed by atoms with Crippen LogP contribution in [0.25, 0.3) is 0 Å². The monoisotopic (exact) mass is 366 g/mol. The number of rotatable bonds is 4. The third-order valence-corrected chi connectivity index (χ3v) is 5.85. The number of hydrogen-bond acceptors (Lipinski definition) is 6. The maximum atomic E-state index is 14.4. The molecule has 3 aliphatic rings. The van der Waals surface area contributed by atoms with Crippen molar-refractivity contribution in [2.75, 3.05) is 36.5 Å². The molecule has 0 amide bonds. The first-order valence-electron chi connectivity index (χ1n) is 9.26. The van der Waals surface area contributed by atoms with Gasteiger partial charge in [-0.2, -0.15) is 13.8 Å². The number of ether oxygens (including phenoxy) is 1. The molecule has 1 aromatic heterocycles. The fraction of sp³-hybridized carbons (Fsp3) is 0.722. The van der Waals surface area contributed by atoms with Crippen molar-refractivity contribution >= 4 is 17.7 Å². The Bertz CT molecular complexity index is 727. The summed E-state index contributed by atoms with van der Waals surface area (Å²) in [5.41, 5.74) is 0.471. The van der Waals surface area contributed by atoms with Crippen molar-refractivity contribution < 1.29 is 18.3 Å². The molecule has 8 heteroatoms. The first-order chi connectivity index (χ1) is 12.4. The molecule has 26 heavy (non-hydrogen) atoms. The maximum absolute atomic E-state index is 14.4. The Morgan fingerprint density at radius 3 is 2.77 bits per heavy atom. The van der Waals surface area contributed by atoms with Crippen LogP contribution < -0.4 is 9.80 Å². The average molecular weight is 366 g/mol. The summed E-state index contributed by atoms with van der Waals surface area (Å²) in [6, 6.07) is 0.279. The minimum atomic E-state index is -2.89. The second kappa shape index (κ2) is 6.32.